The molecule has 1 saturated heterocycles. The maximum Gasteiger partial charge on any atom is 0.225 e. The van der Waals surface area contributed by atoms with Crippen LogP contribution >= 0.6 is 0 Å². The van der Waals surface area contributed by atoms with Crippen LogP contribution in [0, 0.1) is 5.92 Å². The highest BCUT2D eigenvalue weighted by Crippen LogP contribution is 2.23. The molecule has 0 aliphatic carbocycles. The zero-order valence-electron chi connectivity index (χ0n) is 14.8. The van der Waals surface area contributed by atoms with Crippen molar-refractivity contribution in [1.82, 2.24) is 4.90 Å². The summed E-state index contributed by atoms with van der Waals surface area (Å²) in [6, 6.07) is 17.2. The number of hydrogen-bond donors (Lipinski definition) is 0. The Morgan fingerprint density at radius 1 is 1.00 bits per heavy atom. The summed E-state index contributed by atoms with van der Waals surface area (Å²) in [4.78, 5) is 14.2. The third-order valence-corrected chi connectivity index (χ3v) is 6.32. The van der Waals surface area contributed by atoms with Crippen molar-refractivity contribution in [3.05, 3.63) is 60.2 Å². The van der Waals surface area contributed by atoms with Crippen molar-refractivity contribution in [2.75, 3.05) is 18.6 Å². The maximum atomic E-state index is 12.5. The average Bonchev–Trinajstić information content (AvgIpc) is 2.63. The van der Waals surface area contributed by atoms with Gasteiger partial charge in [-0.1, -0.05) is 30.3 Å². The van der Waals surface area contributed by atoms with Crippen LogP contribution in [0.1, 0.15) is 18.4 Å². The Morgan fingerprint density at radius 2 is 1.58 bits per heavy atom. The molecule has 0 radical (unpaired) electrons. The van der Waals surface area contributed by atoms with Crippen molar-refractivity contribution in [2.45, 2.75) is 19.4 Å². The molecule has 2 aromatic rings. The van der Waals surface area contributed by atoms with Crippen LogP contribution < -0.4 is 4.74 Å². The van der Waals surface area contributed by atoms with Gasteiger partial charge in [0.1, 0.15) is 21.3 Å². The number of hydrogen-bond acceptors (Lipinski definition) is 4. The highest BCUT2D eigenvalue weighted by molar-refractivity contribution is 7.91. The molecule has 2 aromatic carbocycles. The molecule has 0 atom stereocenters. The Labute approximate surface area is 154 Å². The van der Waals surface area contributed by atoms with Crippen LogP contribution in [0.4, 0.5) is 0 Å². The van der Waals surface area contributed by atoms with Gasteiger partial charge in [-0.15, -0.1) is 0 Å². The van der Waals surface area contributed by atoms with E-state index in [0.29, 0.717) is 19.4 Å². The van der Waals surface area contributed by atoms with Gasteiger partial charge in [0.05, 0.1) is 11.5 Å². The van der Waals surface area contributed by atoms with Crippen LogP contribution in [0.5, 0.6) is 11.5 Å². The van der Waals surface area contributed by atoms with E-state index in [1.54, 1.807) is 11.9 Å². The monoisotopic (exact) mass is 373 g/mol. The standard InChI is InChI=1S/C20H23NO4S/c1-21(20(22)17-11-13-26(23,24)14-12-17)15-16-7-9-19(10-8-16)25-18-5-3-2-4-6-18/h2-10,17H,11-15H2,1H3. The highest BCUT2D eigenvalue weighted by atomic mass is 32.2. The van der Waals surface area contributed by atoms with Gasteiger partial charge in [0.15, 0.2) is 0 Å². The molecule has 5 nitrogen and oxygen atoms in total. The number of benzene rings is 2. The molecular formula is C20H23NO4S. The second-order valence-electron chi connectivity index (χ2n) is 6.68. The molecule has 1 aliphatic heterocycles. The van der Waals surface area contributed by atoms with Crippen molar-refractivity contribution in [2.24, 2.45) is 5.92 Å². The smallest absolute Gasteiger partial charge is 0.225 e. The average molecular weight is 373 g/mol. The lowest BCUT2D eigenvalue weighted by molar-refractivity contribution is -0.135. The van der Waals surface area contributed by atoms with E-state index in [9.17, 15) is 13.2 Å². The SMILES string of the molecule is CN(Cc1ccc(Oc2ccccc2)cc1)C(=O)C1CCS(=O)(=O)CC1. The number of amides is 1. The molecule has 0 unspecified atom stereocenters. The quantitative estimate of drug-likeness (QED) is 0.807. The van der Waals surface area contributed by atoms with Crippen LogP contribution in [-0.2, 0) is 21.2 Å². The Hall–Kier alpha value is -2.34. The number of para-hydroxylation sites is 1. The van der Waals surface area contributed by atoms with Gasteiger partial charge in [-0.05, 0) is 42.7 Å². The van der Waals surface area contributed by atoms with Crippen LogP contribution in [0.15, 0.2) is 54.6 Å². The number of sulfone groups is 1. The van der Waals surface area contributed by atoms with Crippen molar-refractivity contribution < 1.29 is 17.9 Å². The summed E-state index contributed by atoms with van der Waals surface area (Å²) < 4.78 is 28.8. The topological polar surface area (TPSA) is 63.7 Å². The lowest BCUT2D eigenvalue weighted by Crippen LogP contribution is -2.37. The van der Waals surface area contributed by atoms with E-state index in [4.69, 9.17) is 4.74 Å². The minimum atomic E-state index is -2.95. The molecule has 26 heavy (non-hydrogen) atoms. The maximum absolute atomic E-state index is 12.5. The van der Waals surface area contributed by atoms with Gasteiger partial charge in [-0.25, -0.2) is 8.42 Å². The molecule has 3 rings (SSSR count). The van der Waals surface area contributed by atoms with E-state index < -0.39 is 9.84 Å². The molecule has 6 heteroatoms. The van der Waals surface area contributed by atoms with Crippen molar-refractivity contribution >= 4 is 15.7 Å². The molecule has 1 fully saturated rings. The Bertz CT molecular complexity index is 833. The largest absolute Gasteiger partial charge is 0.457 e. The fraction of sp³-hybridized carbons (Fsp3) is 0.350. The third-order valence-electron chi connectivity index (χ3n) is 4.60. The van der Waals surface area contributed by atoms with E-state index in [2.05, 4.69) is 0 Å². The summed E-state index contributed by atoms with van der Waals surface area (Å²) >= 11 is 0. The predicted molar refractivity (Wildman–Crippen MR) is 101 cm³/mol. The molecule has 1 aliphatic rings. The zero-order valence-corrected chi connectivity index (χ0v) is 15.6. The molecule has 0 N–H and O–H groups in total. The van der Waals surface area contributed by atoms with Crippen molar-refractivity contribution in [3.63, 3.8) is 0 Å². The van der Waals surface area contributed by atoms with Gasteiger partial charge < -0.3 is 9.64 Å². The molecule has 138 valence electrons. The molecule has 1 amide bonds. The molecule has 0 aromatic heterocycles. The first-order valence-electron chi connectivity index (χ1n) is 8.70. The minimum absolute atomic E-state index is 0.0181. The van der Waals surface area contributed by atoms with E-state index in [-0.39, 0.29) is 23.3 Å². The Balaban J connectivity index is 1.55. The molecule has 0 saturated carbocycles. The molecular weight excluding hydrogens is 350 g/mol. The first-order valence-corrected chi connectivity index (χ1v) is 10.5. The minimum Gasteiger partial charge on any atom is -0.457 e. The summed E-state index contributed by atoms with van der Waals surface area (Å²) in [5, 5.41) is 0. The number of carbonyl (C=O) groups is 1. The summed E-state index contributed by atoms with van der Waals surface area (Å²) in [5.74, 6) is 1.57. The van der Waals surface area contributed by atoms with Crippen molar-refractivity contribution in [3.8, 4) is 11.5 Å². The van der Waals surface area contributed by atoms with E-state index in [0.717, 1.165) is 17.1 Å². The van der Waals surface area contributed by atoms with Crippen LogP contribution in [0.2, 0.25) is 0 Å². The molecule has 1 heterocycles. The lowest BCUT2D eigenvalue weighted by atomic mass is 10.0. The molecule has 0 spiro atoms. The fourth-order valence-corrected chi connectivity index (χ4v) is 4.58. The summed E-state index contributed by atoms with van der Waals surface area (Å²) in [6.45, 7) is 0.494. The van der Waals surface area contributed by atoms with E-state index in [1.165, 1.54) is 0 Å². The third kappa shape index (κ3) is 4.85. The number of ether oxygens (including phenoxy) is 1. The number of rotatable bonds is 5. The van der Waals surface area contributed by atoms with Gasteiger partial charge in [-0.2, -0.15) is 0 Å². The van der Waals surface area contributed by atoms with Gasteiger partial charge in [0.2, 0.25) is 5.91 Å². The van der Waals surface area contributed by atoms with Gasteiger partial charge >= 0.3 is 0 Å². The first kappa shape index (κ1) is 18.5. The van der Waals surface area contributed by atoms with Crippen LogP contribution in [-0.4, -0.2) is 37.8 Å². The lowest BCUT2D eigenvalue weighted by Gasteiger charge is -2.26. The van der Waals surface area contributed by atoms with Gasteiger partial charge in [0, 0.05) is 19.5 Å². The normalized spacial score (nSPS) is 16.8. The van der Waals surface area contributed by atoms with Crippen LogP contribution in [0.25, 0.3) is 0 Å². The second kappa shape index (κ2) is 7.91. The fourth-order valence-electron chi connectivity index (χ4n) is 3.09. The summed E-state index contributed by atoms with van der Waals surface area (Å²) in [7, 11) is -1.19. The van der Waals surface area contributed by atoms with Gasteiger partial charge in [-0.3, -0.25) is 4.79 Å². The Morgan fingerprint density at radius 3 is 2.19 bits per heavy atom. The first-order chi connectivity index (χ1) is 12.4. The predicted octanol–water partition coefficient (Wildman–Crippen LogP) is 3.26. The second-order valence-corrected chi connectivity index (χ2v) is 8.98. The highest BCUT2D eigenvalue weighted by Gasteiger charge is 2.30. The van der Waals surface area contributed by atoms with Crippen molar-refractivity contribution in [1.29, 1.82) is 0 Å². The van der Waals surface area contributed by atoms with E-state index >= 15 is 0 Å². The number of carbonyl (C=O) groups excluding carboxylic acids is 1. The zero-order chi connectivity index (χ0) is 18.6. The van der Waals surface area contributed by atoms with Crippen LogP contribution in [0.3, 0.4) is 0 Å². The Kier molecular flexibility index (Phi) is 5.61. The van der Waals surface area contributed by atoms with E-state index in [1.807, 2.05) is 54.6 Å². The molecule has 0 bridgehead atoms. The summed E-state index contributed by atoms with van der Waals surface area (Å²) in [5.41, 5.74) is 1.00. The summed E-state index contributed by atoms with van der Waals surface area (Å²) in [6.07, 6.45) is 0.852. The van der Waals surface area contributed by atoms with Gasteiger partial charge in [0.25, 0.3) is 0 Å². The number of nitrogens with zero attached hydrogens (tertiary/aromatic N) is 1.